The molecule has 1 heterocycles. The van der Waals surface area contributed by atoms with Crippen LogP contribution in [0.5, 0.6) is 0 Å². The molecule has 1 aliphatic rings. The van der Waals surface area contributed by atoms with E-state index >= 15 is 0 Å². The molecule has 0 aromatic heterocycles. The van der Waals surface area contributed by atoms with Crippen molar-refractivity contribution in [3.05, 3.63) is 0 Å². The molecule has 0 aromatic rings. The molecule has 0 radical (unpaired) electrons. The first-order valence-corrected chi connectivity index (χ1v) is 8.29. The topological polar surface area (TPSA) is 57.6 Å². The lowest BCUT2D eigenvalue weighted by Gasteiger charge is -2.35. The number of hydrogen-bond acceptors (Lipinski definition) is 3. The van der Waals surface area contributed by atoms with E-state index in [9.17, 15) is 13.5 Å². The molecule has 1 aliphatic heterocycles. The van der Waals surface area contributed by atoms with Crippen molar-refractivity contribution >= 4 is 10.0 Å². The van der Waals surface area contributed by atoms with Crippen LogP contribution in [0.3, 0.4) is 0 Å². The highest BCUT2D eigenvalue weighted by atomic mass is 32.2. The minimum absolute atomic E-state index is 0.0447. The van der Waals surface area contributed by atoms with Gasteiger partial charge in [0.25, 0.3) is 0 Å². The van der Waals surface area contributed by atoms with Gasteiger partial charge in [-0.25, -0.2) is 8.42 Å². The van der Waals surface area contributed by atoms with Gasteiger partial charge in [0.1, 0.15) is 0 Å². The molecule has 2 atom stereocenters. The Labute approximate surface area is 111 Å². The van der Waals surface area contributed by atoms with Crippen molar-refractivity contribution in [3.8, 4) is 0 Å². The summed E-state index contributed by atoms with van der Waals surface area (Å²) in [6, 6.07) is -0.0447. The van der Waals surface area contributed by atoms with E-state index < -0.39 is 20.9 Å². The molecule has 1 N–H and O–H groups in total. The Balaban J connectivity index is 2.99. The summed E-state index contributed by atoms with van der Waals surface area (Å²) in [7, 11) is -3.30. The van der Waals surface area contributed by atoms with Gasteiger partial charge in [-0.2, -0.15) is 4.31 Å². The lowest BCUT2D eigenvalue weighted by molar-refractivity contribution is 0.146. The molecule has 1 saturated heterocycles. The summed E-state index contributed by atoms with van der Waals surface area (Å²) in [6.45, 7) is 7.55. The van der Waals surface area contributed by atoms with E-state index in [0.717, 1.165) is 25.7 Å². The van der Waals surface area contributed by atoms with Gasteiger partial charge in [-0.05, 0) is 47.0 Å². The summed E-state index contributed by atoms with van der Waals surface area (Å²) in [5, 5.41) is 9.56. The molecule has 0 amide bonds. The molecule has 1 rings (SSSR count). The molecule has 2 unspecified atom stereocenters. The third kappa shape index (κ3) is 3.68. The van der Waals surface area contributed by atoms with Gasteiger partial charge in [-0.15, -0.1) is 0 Å². The molecule has 0 aliphatic carbocycles. The van der Waals surface area contributed by atoms with Crippen molar-refractivity contribution in [2.24, 2.45) is 0 Å². The second-order valence-corrected chi connectivity index (χ2v) is 8.96. The third-order valence-corrected chi connectivity index (χ3v) is 6.16. The molecule has 0 aromatic carbocycles. The maximum Gasteiger partial charge on any atom is 0.219 e. The number of aliphatic hydroxyl groups excluding tert-OH is 1. The minimum atomic E-state index is -3.30. The normalized spacial score (nSPS) is 25.7. The summed E-state index contributed by atoms with van der Waals surface area (Å²) >= 11 is 0. The first-order chi connectivity index (χ1) is 8.16. The van der Waals surface area contributed by atoms with Crippen molar-refractivity contribution in [2.75, 3.05) is 6.54 Å². The van der Waals surface area contributed by atoms with E-state index in [1.54, 1.807) is 32.0 Å². The fraction of sp³-hybridized carbons (Fsp3) is 1.00. The Morgan fingerprint density at radius 2 is 1.89 bits per heavy atom. The zero-order valence-corrected chi connectivity index (χ0v) is 12.8. The van der Waals surface area contributed by atoms with Crippen LogP contribution in [0.25, 0.3) is 0 Å². The van der Waals surface area contributed by atoms with Gasteiger partial charge in [-0.3, -0.25) is 0 Å². The van der Waals surface area contributed by atoms with Crippen molar-refractivity contribution in [2.45, 2.75) is 76.7 Å². The molecule has 1 fully saturated rings. The fourth-order valence-corrected chi connectivity index (χ4v) is 4.11. The van der Waals surface area contributed by atoms with Crippen LogP contribution < -0.4 is 0 Å². The Hall–Kier alpha value is -0.130. The van der Waals surface area contributed by atoms with Crippen molar-refractivity contribution in [1.82, 2.24) is 4.31 Å². The average Bonchev–Trinajstić information content (AvgIpc) is 2.40. The number of hydrogen-bond donors (Lipinski definition) is 1. The van der Waals surface area contributed by atoms with E-state index in [1.807, 2.05) is 0 Å². The number of aliphatic hydroxyl groups is 1. The molecule has 0 bridgehead atoms. The number of rotatable bonds is 3. The predicted octanol–water partition coefficient (Wildman–Crippen LogP) is 2.13. The van der Waals surface area contributed by atoms with Gasteiger partial charge >= 0.3 is 0 Å². The fourth-order valence-electron chi connectivity index (χ4n) is 2.45. The lowest BCUT2D eigenvalue weighted by Crippen LogP contribution is -2.48. The Bertz CT molecular complexity index is 357. The summed E-state index contributed by atoms with van der Waals surface area (Å²) in [5.74, 6) is 0. The highest BCUT2D eigenvalue weighted by Gasteiger charge is 2.39. The van der Waals surface area contributed by atoms with Crippen molar-refractivity contribution < 1.29 is 13.5 Å². The number of nitrogens with zero attached hydrogens (tertiary/aromatic N) is 1. The average molecular weight is 277 g/mol. The van der Waals surface area contributed by atoms with Gasteiger partial charge in [0.2, 0.25) is 10.0 Å². The zero-order chi connectivity index (χ0) is 14.0. The maximum absolute atomic E-state index is 12.6. The van der Waals surface area contributed by atoms with Crippen LogP contribution in [0, 0.1) is 0 Å². The highest BCUT2D eigenvalue weighted by Crippen LogP contribution is 2.29. The van der Waals surface area contributed by atoms with Crippen molar-refractivity contribution in [3.63, 3.8) is 0 Å². The lowest BCUT2D eigenvalue weighted by atomic mass is 10.1. The second kappa shape index (κ2) is 5.88. The van der Waals surface area contributed by atoms with E-state index in [-0.39, 0.29) is 6.04 Å². The summed E-state index contributed by atoms with van der Waals surface area (Å²) in [5.41, 5.74) is 0. The van der Waals surface area contributed by atoms with Crippen LogP contribution >= 0.6 is 0 Å². The number of sulfonamides is 1. The monoisotopic (exact) mass is 277 g/mol. The molecule has 4 nitrogen and oxygen atoms in total. The predicted molar refractivity (Wildman–Crippen MR) is 73.9 cm³/mol. The molecule has 0 spiro atoms. The van der Waals surface area contributed by atoms with Crippen LogP contribution in [0.1, 0.15) is 59.8 Å². The van der Waals surface area contributed by atoms with E-state index in [1.165, 1.54) is 0 Å². The van der Waals surface area contributed by atoms with Gasteiger partial charge in [0, 0.05) is 12.6 Å². The molecule has 0 saturated carbocycles. The molecule has 5 heteroatoms. The first kappa shape index (κ1) is 15.9. The quantitative estimate of drug-likeness (QED) is 0.859. The smallest absolute Gasteiger partial charge is 0.219 e. The Kier molecular flexibility index (Phi) is 5.21. The zero-order valence-electron chi connectivity index (χ0n) is 12.0. The standard InChI is InChI=1S/C13H27NO3S/c1-11(15)10-12-8-6-5-7-9-14(12)18(16,17)13(2,3)4/h11-12,15H,5-10H2,1-4H3. The largest absolute Gasteiger partial charge is 0.393 e. The molecule has 18 heavy (non-hydrogen) atoms. The minimum Gasteiger partial charge on any atom is -0.393 e. The van der Waals surface area contributed by atoms with Crippen LogP contribution in [0.15, 0.2) is 0 Å². The summed E-state index contributed by atoms with van der Waals surface area (Å²) < 4.78 is 26.1. The van der Waals surface area contributed by atoms with Crippen LogP contribution in [0.2, 0.25) is 0 Å². The third-order valence-electron chi connectivity index (χ3n) is 3.52. The summed E-state index contributed by atoms with van der Waals surface area (Å²) in [4.78, 5) is 0. The highest BCUT2D eigenvalue weighted by molar-refractivity contribution is 7.90. The van der Waals surface area contributed by atoms with E-state index in [4.69, 9.17) is 0 Å². The molecule has 108 valence electrons. The SMILES string of the molecule is CC(O)CC1CCCCCN1S(=O)(=O)C(C)(C)C. The van der Waals surface area contributed by atoms with Crippen LogP contribution in [0.4, 0.5) is 0 Å². The second-order valence-electron chi connectivity index (χ2n) is 6.32. The van der Waals surface area contributed by atoms with Gasteiger partial charge < -0.3 is 5.11 Å². The van der Waals surface area contributed by atoms with Gasteiger partial charge in [0.05, 0.1) is 10.9 Å². The van der Waals surface area contributed by atoms with Crippen LogP contribution in [-0.4, -0.2) is 41.3 Å². The first-order valence-electron chi connectivity index (χ1n) is 6.85. The maximum atomic E-state index is 12.6. The summed E-state index contributed by atoms with van der Waals surface area (Å²) in [6.07, 6.45) is 3.99. The Morgan fingerprint density at radius 3 is 2.39 bits per heavy atom. The molecular weight excluding hydrogens is 250 g/mol. The van der Waals surface area contributed by atoms with Gasteiger partial charge in [-0.1, -0.05) is 12.8 Å². The van der Waals surface area contributed by atoms with E-state index in [0.29, 0.717) is 13.0 Å². The van der Waals surface area contributed by atoms with Crippen LogP contribution in [-0.2, 0) is 10.0 Å². The molecular formula is C13H27NO3S. The van der Waals surface area contributed by atoms with Gasteiger partial charge in [0.15, 0.2) is 0 Å². The Morgan fingerprint density at radius 1 is 1.28 bits per heavy atom. The van der Waals surface area contributed by atoms with E-state index in [2.05, 4.69) is 0 Å². The van der Waals surface area contributed by atoms with Crippen molar-refractivity contribution in [1.29, 1.82) is 0 Å².